The van der Waals surface area contributed by atoms with Crippen LogP contribution in [-0.2, 0) is 4.79 Å². The minimum atomic E-state index is -0.290. The van der Waals surface area contributed by atoms with Crippen LogP contribution in [0, 0.1) is 5.82 Å². The molecule has 0 aliphatic carbocycles. The molecule has 1 amide bonds. The Morgan fingerprint density at radius 2 is 2.21 bits per heavy atom. The van der Waals surface area contributed by atoms with Crippen molar-refractivity contribution in [1.82, 2.24) is 5.43 Å². The van der Waals surface area contributed by atoms with Gasteiger partial charge in [-0.2, -0.15) is 5.10 Å². The van der Waals surface area contributed by atoms with E-state index in [1.165, 1.54) is 12.1 Å². The second kappa shape index (κ2) is 3.57. The maximum atomic E-state index is 12.9. The zero-order valence-corrected chi connectivity index (χ0v) is 7.46. The Bertz CT molecular complexity index is 401. The average Bonchev–Trinajstić information content (AvgIpc) is 2.19. The van der Waals surface area contributed by atoms with E-state index in [9.17, 15) is 9.18 Å². The average molecular weight is 192 g/mol. The Kier molecular flexibility index (Phi) is 2.26. The van der Waals surface area contributed by atoms with E-state index in [4.69, 9.17) is 0 Å². The molecule has 0 radical (unpaired) electrons. The van der Waals surface area contributed by atoms with Crippen LogP contribution in [0.4, 0.5) is 4.39 Å². The number of nitrogens with zero attached hydrogens (tertiary/aromatic N) is 1. The van der Waals surface area contributed by atoms with Crippen molar-refractivity contribution in [3.8, 4) is 0 Å². The number of rotatable bonds is 1. The van der Waals surface area contributed by atoms with Gasteiger partial charge in [-0.05, 0) is 12.1 Å². The molecule has 4 heteroatoms. The Balaban J connectivity index is 2.27. The van der Waals surface area contributed by atoms with Crippen LogP contribution in [-0.4, -0.2) is 11.6 Å². The molecule has 1 aromatic rings. The molecule has 0 unspecified atom stereocenters. The van der Waals surface area contributed by atoms with Crippen LogP contribution in [0.2, 0.25) is 0 Å². The van der Waals surface area contributed by atoms with Crippen LogP contribution in [0.5, 0.6) is 0 Å². The first-order valence-corrected chi connectivity index (χ1v) is 4.37. The van der Waals surface area contributed by atoms with Gasteiger partial charge in [0.1, 0.15) is 5.82 Å². The molecule has 1 aliphatic heterocycles. The van der Waals surface area contributed by atoms with Gasteiger partial charge in [-0.25, -0.2) is 9.82 Å². The van der Waals surface area contributed by atoms with E-state index < -0.39 is 0 Å². The van der Waals surface area contributed by atoms with E-state index in [0.29, 0.717) is 12.8 Å². The van der Waals surface area contributed by atoms with Crippen molar-refractivity contribution in [2.24, 2.45) is 5.10 Å². The third-order valence-electron chi connectivity index (χ3n) is 2.06. The second-order valence-corrected chi connectivity index (χ2v) is 3.10. The molecule has 1 aliphatic rings. The molecule has 3 nitrogen and oxygen atoms in total. The molecule has 0 atom stereocenters. The minimum absolute atomic E-state index is 0.0925. The van der Waals surface area contributed by atoms with E-state index in [0.717, 1.165) is 11.3 Å². The summed E-state index contributed by atoms with van der Waals surface area (Å²) < 4.78 is 12.9. The fourth-order valence-corrected chi connectivity index (χ4v) is 1.35. The van der Waals surface area contributed by atoms with E-state index in [1.807, 2.05) is 0 Å². The van der Waals surface area contributed by atoms with Crippen molar-refractivity contribution < 1.29 is 9.18 Å². The first kappa shape index (κ1) is 8.87. The summed E-state index contributed by atoms with van der Waals surface area (Å²) in [4.78, 5) is 10.8. The SMILES string of the molecule is O=C1CCC(c2cccc(F)c2)=NN1. The van der Waals surface area contributed by atoms with Crippen molar-refractivity contribution in [1.29, 1.82) is 0 Å². The van der Waals surface area contributed by atoms with Crippen molar-refractivity contribution in [3.05, 3.63) is 35.6 Å². The zero-order valence-electron chi connectivity index (χ0n) is 7.46. The Labute approximate surface area is 80.6 Å². The first-order chi connectivity index (χ1) is 6.75. The number of benzene rings is 1. The summed E-state index contributed by atoms with van der Waals surface area (Å²) in [6, 6.07) is 6.20. The number of amides is 1. The number of carbonyl (C=O) groups excluding carboxylic acids is 1. The quantitative estimate of drug-likeness (QED) is 0.718. The fraction of sp³-hybridized carbons (Fsp3) is 0.200. The topological polar surface area (TPSA) is 41.5 Å². The standard InChI is InChI=1S/C10H9FN2O/c11-8-3-1-2-7(6-8)9-4-5-10(14)13-12-9/h1-3,6H,4-5H2,(H,13,14). The minimum Gasteiger partial charge on any atom is -0.273 e. The largest absolute Gasteiger partial charge is 0.273 e. The molecule has 0 fully saturated rings. The molecular formula is C10H9FN2O. The molecule has 0 saturated carbocycles. The number of carbonyl (C=O) groups is 1. The van der Waals surface area contributed by atoms with Gasteiger partial charge in [0.05, 0.1) is 5.71 Å². The monoisotopic (exact) mass is 192 g/mol. The van der Waals surface area contributed by atoms with Crippen LogP contribution in [0.25, 0.3) is 0 Å². The molecule has 0 aromatic heterocycles. The van der Waals surface area contributed by atoms with Crippen molar-refractivity contribution >= 4 is 11.6 Å². The summed E-state index contributed by atoms with van der Waals surface area (Å²) in [6.07, 6.45) is 0.977. The van der Waals surface area contributed by atoms with Gasteiger partial charge in [-0.1, -0.05) is 12.1 Å². The highest BCUT2D eigenvalue weighted by atomic mass is 19.1. The fourth-order valence-electron chi connectivity index (χ4n) is 1.35. The van der Waals surface area contributed by atoms with E-state index >= 15 is 0 Å². The van der Waals surface area contributed by atoms with Gasteiger partial charge >= 0.3 is 0 Å². The number of hydrogen-bond donors (Lipinski definition) is 1. The Morgan fingerprint density at radius 1 is 1.36 bits per heavy atom. The van der Waals surface area contributed by atoms with Crippen LogP contribution in [0.3, 0.4) is 0 Å². The molecule has 1 N–H and O–H groups in total. The van der Waals surface area contributed by atoms with Gasteiger partial charge in [-0.3, -0.25) is 4.79 Å². The first-order valence-electron chi connectivity index (χ1n) is 4.37. The molecule has 14 heavy (non-hydrogen) atoms. The van der Waals surface area contributed by atoms with Gasteiger partial charge in [0.25, 0.3) is 0 Å². The van der Waals surface area contributed by atoms with Crippen molar-refractivity contribution in [2.75, 3.05) is 0 Å². The summed E-state index contributed by atoms with van der Waals surface area (Å²) in [5.74, 6) is -0.382. The van der Waals surface area contributed by atoms with Gasteiger partial charge in [0.15, 0.2) is 0 Å². The molecule has 0 saturated heterocycles. The molecule has 72 valence electrons. The lowest BCUT2D eigenvalue weighted by Gasteiger charge is -2.11. The highest BCUT2D eigenvalue weighted by Gasteiger charge is 2.13. The summed E-state index contributed by atoms with van der Waals surface area (Å²) >= 11 is 0. The van der Waals surface area contributed by atoms with Gasteiger partial charge in [0, 0.05) is 18.4 Å². The second-order valence-electron chi connectivity index (χ2n) is 3.10. The van der Waals surface area contributed by atoms with E-state index in [1.54, 1.807) is 12.1 Å². The molecule has 2 rings (SSSR count). The molecule has 1 aromatic carbocycles. The lowest BCUT2D eigenvalue weighted by atomic mass is 10.0. The summed E-state index contributed by atoms with van der Waals surface area (Å²) in [6.45, 7) is 0. The lowest BCUT2D eigenvalue weighted by molar-refractivity contribution is -0.121. The van der Waals surface area contributed by atoms with E-state index in [-0.39, 0.29) is 11.7 Å². The van der Waals surface area contributed by atoms with Gasteiger partial charge in [-0.15, -0.1) is 0 Å². The van der Waals surface area contributed by atoms with Crippen LogP contribution in [0.1, 0.15) is 18.4 Å². The third kappa shape index (κ3) is 1.79. The van der Waals surface area contributed by atoms with Crippen LogP contribution < -0.4 is 5.43 Å². The van der Waals surface area contributed by atoms with Crippen LogP contribution in [0.15, 0.2) is 29.4 Å². The summed E-state index contributed by atoms with van der Waals surface area (Å²) in [5.41, 5.74) is 3.83. The molecular weight excluding hydrogens is 183 g/mol. The van der Waals surface area contributed by atoms with E-state index in [2.05, 4.69) is 10.5 Å². The predicted molar refractivity (Wildman–Crippen MR) is 50.3 cm³/mol. The van der Waals surface area contributed by atoms with Gasteiger partial charge in [0.2, 0.25) is 5.91 Å². The normalized spacial score (nSPS) is 16.1. The number of hydrogen-bond acceptors (Lipinski definition) is 2. The third-order valence-corrected chi connectivity index (χ3v) is 2.06. The summed E-state index contributed by atoms with van der Waals surface area (Å²) in [5, 5.41) is 3.87. The smallest absolute Gasteiger partial charge is 0.240 e. The van der Waals surface area contributed by atoms with Crippen LogP contribution >= 0.6 is 0 Å². The maximum Gasteiger partial charge on any atom is 0.240 e. The highest BCUT2D eigenvalue weighted by Crippen LogP contribution is 2.11. The number of nitrogens with one attached hydrogen (secondary N) is 1. The highest BCUT2D eigenvalue weighted by molar-refractivity contribution is 6.04. The number of hydrazone groups is 1. The van der Waals surface area contributed by atoms with Crippen molar-refractivity contribution in [3.63, 3.8) is 0 Å². The Morgan fingerprint density at radius 3 is 2.86 bits per heavy atom. The molecule has 1 heterocycles. The molecule has 0 bridgehead atoms. The predicted octanol–water partition coefficient (Wildman–Crippen LogP) is 1.44. The Hall–Kier alpha value is -1.71. The molecule has 0 spiro atoms. The number of halogens is 1. The van der Waals surface area contributed by atoms with Gasteiger partial charge < -0.3 is 0 Å². The summed E-state index contributed by atoms with van der Waals surface area (Å²) in [7, 11) is 0. The maximum absolute atomic E-state index is 12.9. The lowest BCUT2D eigenvalue weighted by Crippen LogP contribution is -2.25. The zero-order chi connectivity index (χ0) is 9.97. The van der Waals surface area contributed by atoms with Crippen molar-refractivity contribution in [2.45, 2.75) is 12.8 Å².